The summed E-state index contributed by atoms with van der Waals surface area (Å²) in [4.78, 5) is 0. The van der Waals surface area contributed by atoms with Crippen LogP contribution in [0, 0.1) is 0 Å². The third-order valence-electron chi connectivity index (χ3n) is 13.7. The number of unbranched alkanes of at least 4 members (excludes halogenated alkanes) is 21. The highest BCUT2D eigenvalue weighted by Crippen LogP contribution is 2.47. The Morgan fingerprint density at radius 1 is 0.500 bits per heavy atom. The molecule has 2 unspecified atom stereocenters. The first-order valence-corrected chi connectivity index (χ1v) is 28.3. The molecule has 2 aliphatic rings. The van der Waals surface area contributed by atoms with Crippen molar-refractivity contribution in [3.63, 3.8) is 0 Å². The molecule has 0 spiro atoms. The molecule has 0 amide bonds. The molecular formula is C58H94O3Si. The molecule has 2 aromatic rings. The Morgan fingerprint density at radius 3 is 1.27 bits per heavy atom. The van der Waals surface area contributed by atoms with Gasteiger partial charge in [-0.3, -0.25) is 0 Å². The van der Waals surface area contributed by atoms with Crippen LogP contribution in [0.1, 0.15) is 227 Å². The van der Waals surface area contributed by atoms with E-state index >= 15 is 0 Å². The Bertz CT molecular complexity index is 1420. The second-order valence-electron chi connectivity index (χ2n) is 20.1. The minimum Gasteiger partial charge on any atom is -0.404 e. The third kappa shape index (κ3) is 18.7. The number of ether oxygens (including phenoxy) is 2. The van der Waals surface area contributed by atoms with Gasteiger partial charge in [0, 0.05) is 25.7 Å². The number of benzene rings is 2. The van der Waals surface area contributed by atoms with Gasteiger partial charge in [-0.05, 0) is 86.0 Å². The van der Waals surface area contributed by atoms with Gasteiger partial charge in [-0.2, -0.15) is 0 Å². The van der Waals surface area contributed by atoms with Crippen LogP contribution >= 0.6 is 0 Å². The van der Waals surface area contributed by atoms with E-state index in [9.17, 15) is 0 Å². The zero-order valence-electron chi connectivity index (χ0n) is 40.9. The standard InChI is InChI=1S/C58H94O3Si/c1-6-8-10-12-14-16-18-20-22-24-26-28-30-32-34-42-48-58(49-43-35-33-31-29-27-25-23-21-19-17-15-13-11-9-7-2)59-55-50-52(51-56(55)60-58)61-62(57(3,4)5,53-44-38-36-39-45-53)54-46-40-37-41-47-54/h14,16,20-23,36-41,44-47,52,55-56H,6-13,15,17-19,24-35,42-43,48-51H2,1-5H3/b16-14-,22-20-,23-21-/t52?,55-,56+,58?. The van der Waals surface area contributed by atoms with Crippen molar-refractivity contribution in [2.45, 2.75) is 256 Å². The van der Waals surface area contributed by atoms with Gasteiger partial charge in [0.05, 0.1) is 18.3 Å². The van der Waals surface area contributed by atoms with Crippen molar-refractivity contribution in [3.8, 4) is 0 Å². The molecule has 0 N–H and O–H groups in total. The molecule has 1 heterocycles. The van der Waals surface area contributed by atoms with E-state index in [1.54, 1.807) is 0 Å². The van der Waals surface area contributed by atoms with E-state index in [1.165, 1.54) is 171 Å². The zero-order chi connectivity index (χ0) is 44.0. The highest BCUT2D eigenvalue weighted by atomic mass is 28.4. The lowest BCUT2D eigenvalue weighted by Crippen LogP contribution is -2.67. The zero-order valence-corrected chi connectivity index (χ0v) is 41.9. The van der Waals surface area contributed by atoms with E-state index in [-0.39, 0.29) is 23.4 Å². The van der Waals surface area contributed by atoms with Crippen molar-refractivity contribution < 1.29 is 13.9 Å². The summed E-state index contributed by atoms with van der Waals surface area (Å²) in [6.07, 6.45) is 52.6. The molecule has 1 saturated carbocycles. The van der Waals surface area contributed by atoms with Crippen LogP contribution in [0.4, 0.5) is 0 Å². The molecule has 0 bridgehead atoms. The molecule has 1 aliphatic carbocycles. The van der Waals surface area contributed by atoms with E-state index in [0.29, 0.717) is 0 Å². The third-order valence-corrected chi connectivity index (χ3v) is 18.8. The maximum Gasteiger partial charge on any atom is 0.261 e. The largest absolute Gasteiger partial charge is 0.404 e. The van der Waals surface area contributed by atoms with Gasteiger partial charge in [0.15, 0.2) is 5.79 Å². The summed E-state index contributed by atoms with van der Waals surface area (Å²) in [6.45, 7) is 11.7. The van der Waals surface area contributed by atoms with Crippen LogP contribution in [0.3, 0.4) is 0 Å². The van der Waals surface area contributed by atoms with Gasteiger partial charge in [0.2, 0.25) is 0 Å². The Kier molecular flexibility index (Phi) is 26.0. The first-order chi connectivity index (χ1) is 30.3. The van der Waals surface area contributed by atoms with Gasteiger partial charge in [-0.15, -0.1) is 0 Å². The fourth-order valence-corrected chi connectivity index (χ4v) is 14.9. The summed E-state index contributed by atoms with van der Waals surface area (Å²) >= 11 is 0. The topological polar surface area (TPSA) is 27.7 Å². The fourth-order valence-electron chi connectivity index (χ4n) is 10.2. The maximum atomic E-state index is 7.60. The monoisotopic (exact) mass is 867 g/mol. The number of fused-ring (bicyclic) bond motifs is 1. The fraction of sp³-hybridized carbons (Fsp3) is 0.690. The van der Waals surface area contributed by atoms with E-state index in [2.05, 4.69) is 132 Å². The molecule has 4 heteroatoms. The van der Waals surface area contributed by atoms with Crippen molar-refractivity contribution in [1.82, 2.24) is 0 Å². The van der Waals surface area contributed by atoms with E-state index in [4.69, 9.17) is 13.9 Å². The second kappa shape index (κ2) is 30.8. The molecule has 62 heavy (non-hydrogen) atoms. The molecule has 348 valence electrons. The number of rotatable bonds is 35. The molecule has 2 fully saturated rings. The average Bonchev–Trinajstić information content (AvgIpc) is 3.80. The molecule has 4 atom stereocenters. The van der Waals surface area contributed by atoms with Gasteiger partial charge in [-0.25, -0.2) is 0 Å². The molecule has 3 nitrogen and oxygen atoms in total. The Balaban J connectivity index is 1.23. The highest BCUT2D eigenvalue weighted by Gasteiger charge is 2.56. The van der Waals surface area contributed by atoms with Crippen molar-refractivity contribution in [1.29, 1.82) is 0 Å². The number of hydrogen-bond acceptors (Lipinski definition) is 3. The molecule has 0 aromatic heterocycles. The van der Waals surface area contributed by atoms with Gasteiger partial charge < -0.3 is 13.9 Å². The highest BCUT2D eigenvalue weighted by molar-refractivity contribution is 6.99. The van der Waals surface area contributed by atoms with Crippen LogP contribution in [-0.2, 0) is 13.9 Å². The van der Waals surface area contributed by atoms with Crippen molar-refractivity contribution in [3.05, 3.63) is 97.1 Å². The second-order valence-corrected chi connectivity index (χ2v) is 24.4. The number of hydrogen-bond donors (Lipinski definition) is 0. The molecule has 4 rings (SSSR count). The SMILES string of the molecule is CCCCC/C=C\C/C=C\CCCCCCCCC1(CCCCCCCC/C=C\CCCCCCCC)O[C@H]2CC(O[Si](c3ccccc3)(c3ccccc3)C(C)(C)C)C[C@H]2O1. The van der Waals surface area contributed by atoms with Crippen LogP contribution in [-0.4, -0.2) is 32.4 Å². The van der Waals surface area contributed by atoms with Gasteiger partial charge in [0.1, 0.15) is 0 Å². The lowest BCUT2D eigenvalue weighted by Gasteiger charge is -2.45. The minimum absolute atomic E-state index is 0.0373. The normalized spacial score (nSPS) is 20.7. The van der Waals surface area contributed by atoms with E-state index in [1.807, 2.05) is 0 Å². The van der Waals surface area contributed by atoms with Crippen molar-refractivity contribution in [2.75, 3.05) is 0 Å². The molecular weight excluding hydrogens is 773 g/mol. The average molecular weight is 867 g/mol. The van der Waals surface area contributed by atoms with Gasteiger partial charge in [0.25, 0.3) is 8.32 Å². The molecule has 1 aliphatic heterocycles. The smallest absolute Gasteiger partial charge is 0.261 e. The molecule has 1 saturated heterocycles. The van der Waals surface area contributed by atoms with Crippen LogP contribution in [0.2, 0.25) is 5.04 Å². The Morgan fingerprint density at radius 2 is 0.855 bits per heavy atom. The summed E-state index contributed by atoms with van der Waals surface area (Å²) in [6, 6.07) is 22.2. The summed E-state index contributed by atoms with van der Waals surface area (Å²) < 4.78 is 21.9. The van der Waals surface area contributed by atoms with E-state index in [0.717, 1.165) is 32.1 Å². The number of allylic oxidation sites excluding steroid dienone is 6. The van der Waals surface area contributed by atoms with Gasteiger partial charge >= 0.3 is 0 Å². The first-order valence-electron chi connectivity index (χ1n) is 26.4. The van der Waals surface area contributed by atoms with Crippen molar-refractivity contribution in [2.24, 2.45) is 0 Å². The van der Waals surface area contributed by atoms with Crippen molar-refractivity contribution >= 4 is 18.7 Å². The quantitative estimate of drug-likeness (QED) is 0.0392. The lowest BCUT2D eigenvalue weighted by molar-refractivity contribution is -0.194. The predicted octanol–water partition coefficient (Wildman–Crippen LogP) is 16.8. The molecule has 0 radical (unpaired) electrons. The van der Waals surface area contributed by atoms with Gasteiger partial charge in [-0.1, -0.05) is 228 Å². The Labute approximate surface area is 384 Å². The summed E-state index contributed by atoms with van der Waals surface area (Å²) in [5, 5.41) is 2.67. The first kappa shape index (κ1) is 52.4. The maximum absolute atomic E-state index is 7.60. The molecule has 2 aromatic carbocycles. The summed E-state index contributed by atoms with van der Waals surface area (Å²) in [7, 11) is -2.63. The summed E-state index contributed by atoms with van der Waals surface area (Å²) in [5.41, 5.74) is 0. The van der Waals surface area contributed by atoms with Crippen LogP contribution in [0.15, 0.2) is 97.1 Å². The minimum atomic E-state index is -2.63. The van der Waals surface area contributed by atoms with Crippen LogP contribution in [0.5, 0.6) is 0 Å². The lowest BCUT2D eigenvalue weighted by atomic mass is 9.98. The van der Waals surface area contributed by atoms with Crippen LogP contribution in [0.25, 0.3) is 0 Å². The summed E-state index contributed by atoms with van der Waals surface area (Å²) in [5.74, 6) is -0.423. The Hall–Kier alpha value is -2.24. The van der Waals surface area contributed by atoms with Crippen LogP contribution < -0.4 is 10.4 Å². The predicted molar refractivity (Wildman–Crippen MR) is 272 cm³/mol. The van der Waals surface area contributed by atoms with E-state index < -0.39 is 14.1 Å².